The van der Waals surface area contributed by atoms with Crippen LogP contribution in [0.25, 0.3) is 114 Å². The van der Waals surface area contributed by atoms with Crippen LogP contribution >= 0.6 is 0 Å². The fourth-order valence-electron chi connectivity index (χ4n) is 12.3. The van der Waals surface area contributed by atoms with E-state index in [1.165, 1.54) is 28.4 Å². The highest BCUT2D eigenvalue weighted by Crippen LogP contribution is 2.39. The third-order valence-electron chi connectivity index (χ3n) is 17.7. The number of nitrogens with one attached hydrogen (secondary N) is 4. The van der Waals surface area contributed by atoms with Crippen molar-refractivity contribution in [3.05, 3.63) is 174 Å². The number of H-pyrrole nitrogens is 4. The molecule has 16 bridgehead atoms. The maximum absolute atomic E-state index is 12.7. The number of ether oxygens (including phenoxy) is 4. The van der Waals surface area contributed by atoms with Gasteiger partial charge in [-0.05, 0) is 226 Å². The number of rotatable bonds is 16. The molecule has 1 aromatic carbocycles. The predicted octanol–water partition coefficient (Wildman–Crippen LogP) is 15.6. The van der Waals surface area contributed by atoms with Crippen LogP contribution in [0.15, 0.2) is 72.8 Å². The van der Waals surface area contributed by atoms with Gasteiger partial charge in [0.1, 0.15) is 0 Å². The minimum atomic E-state index is -0.312. The maximum Gasteiger partial charge on any atom is 0.305 e. The Balaban J connectivity index is 1.02. The zero-order valence-electron chi connectivity index (χ0n) is 53.1. The van der Waals surface area contributed by atoms with Crippen LogP contribution in [0.2, 0.25) is 0 Å². The lowest BCUT2D eigenvalue weighted by Gasteiger charge is -2.04. The van der Waals surface area contributed by atoms with Gasteiger partial charge in [-0.15, -0.1) is 0 Å². The number of nitrogens with zero attached hydrogens (tertiary/aromatic N) is 4. The number of benzene rings is 1. The molecule has 10 heterocycles. The number of aromatic amines is 4. The Morgan fingerprint density at radius 1 is 0.378 bits per heavy atom. The van der Waals surface area contributed by atoms with Crippen molar-refractivity contribution in [3.63, 3.8) is 0 Å². The summed E-state index contributed by atoms with van der Waals surface area (Å²) in [7, 11) is 5.60. The number of hydrogen-bond acceptors (Lipinski definition) is 12. The topological polar surface area (TPSA) is 220 Å². The Morgan fingerprint density at radius 2 is 0.722 bits per heavy atom. The van der Waals surface area contributed by atoms with Crippen molar-refractivity contribution < 1.29 is 38.1 Å². The summed E-state index contributed by atoms with van der Waals surface area (Å²) in [5, 5.41) is 0. The highest BCUT2D eigenvalue weighted by atomic mass is 16.5. The van der Waals surface area contributed by atoms with Crippen molar-refractivity contribution in [3.8, 4) is 0 Å². The van der Waals surface area contributed by atoms with Gasteiger partial charge in [0.05, 0.1) is 74.0 Å². The average Bonchev–Trinajstić information content (AvgIpc) is 1.67. The normalized spacial score (nSPS) is 13.2. The van der Waals surface area contributed by atoms with Crippen LogP contribution in [0, 0.1) is 27.7 Å². The molecule has 0 radical (unpaired) electrons. The number of carbonyl (C=O) groups excluding carboxylic acids is 4. The lowest BCUT2D eigenvalue weighted by molar-refractivity contribution is -0.141. The summed E-state index contributed by atoms with van der Waals surface area (Å²) in [5.41, 5.74) is 28.8. The van der Waals surface area contributed by atoms with Crippen LogP contribution in [-0.4, -0.2) is 92.2 Å². The molecule has 0 unspecified atom stereocenters. The molecule has 0 atom stereocenters. The second kappa shape index (κ2) is 25.9. The zero-order valence-corrected chi connectivity index (χ0v) is 53.1. The largest absolute Gasteiger partial charge is 0.469 e. The van der Waals surface area contributed by atoms with Crippen LogP contribution in [-0.2, 0) is 51.0 Å². The Labute approximate surface area is 522 Å². The van der Waals surface area contributed by atoms with E-state index in [9.17, 15) is 19.2 Å². The number of fused-ring (bicyclic) bond motifs is 16. The van der Waals surface area contributed by atoms with Gasteiger partial charge in [0, 0.05) is 80.9 Å². The fraction of sp³-hybridized carbons (Fsp3) is 0.270. The van der Waals surface area contributed by atoms with Gasteiger partial charge in [0.15, 0.2) is 0 Å². The molecule has 0 fully saturated rings. The third kappa shape index (κ3) is 12.7. The number of hydrogen-bond donors (Lipinski definition) is 4. The number of methoxy groups -OCH3 is 4. The summed E-state index contributed by atoms with van der Waals surface area (Å²) in [6, 6.07) is 24.9. The highest BCUT2D eigenvalue weighted by Gasteiger charge is 2.23. The number of allylic oxidation sites excluding steroid dienone is 6. The lowest BCUT2D eigenvalue weighted by atomic mass is 10.00. The molecule has 0 aliphatic carbocycles. The minimum Gasteiger partial charge on any atom is -0.469 e. The Morgan fingerprint density at radius 3 is 1.11 bits per heavy atom. The first-order valence-corrected chi connectivity index (χ1v) is 30.3. The summed E-state index contributed by atoms with van der Waals surface area (Å²) in [5.74, 6) is -1.22. The van der Waals surface area contributed by atoms with Crippen molar-refractivity contribution in [1.29, 1.82) is 0 Å². The first-order chi connectivity index (χ1) is 43.3. The number of aromatic nitrogens is 8. The maximum atomic E-state index is 12.7. The molecule has 7 aromatic rings. The molecule has 0 amide bonds. The van der Waals surface area contributed by atoms with Gasteiger partial charge in [-0.1, -0.05) is 42.5 Å². The second-order valence-electron chi connectivity index (χ2n) is 23.4. The lowest BCUT2D eigenvalue weighted by Crippen LogP contribution is -2.02. The predicted molar refractivity (Wildman–Crippen MR) is 360 cm³/mol. The van der Waals surface area contributed by atoms with Gasteiger partial charge >= 0.3 is 23.9 Å². The molecule has 16 heteroatoms. The Kier molecular flexibility index (Phi) is 17.6. The highest BCUT2D eigenvalue weighted by molar-refractivity contribution is 5.98. The molecule has 90 heavy (non-hydrogen) atoms. The molecular weight excluding hydrogens is 1130 g/mol. The molecule has 16 nitrogen and oxygen atoms in total. The SMILES string of the molecule is COC(=O)CCC1=C(C)c2cc3[nH]c(cc4nc(cc5[nH]c(cc1n2)c(CCC(=O)OC)c5C)C(C)=C4)c(C)c3/C=C/c1cccc(/C=C/c2c(C)c3cc4nc(cc5[nH]c(cc6nc(cc2[nH]3)C(C)=C6CCC(=O)OC)c(CCC(=O)OC)c5C)C(C)=C4)c1. The van der Waals surface area contributed by atoms with Crippen LogP contribution in [0.4, 0.5) is 0 Å². The summed E-state index contributed by atoms with van der Waals surface area (Å²) in [6.45, 7) is 16.5. The molecule has 458 valence electrons. The van der Waals surface area contributed by atoms with E-state index < -0.39 is 0 Å². The fourth-order valence-corrected chi connectivity index (χ4v) is 12.3. The first kappa shape index (κ1) is 61.4. The van der Waals surface area contributed by atoms with Gasteiger partial charge < -0.3 is 38.9 Å². The van der Waals surface area contributed by atoms with Gasteiger partial charge in [0.25, 0.3) is 0 Å². The van der Waals surface area contributed by atoms with Gasteiger partial charge in [0.2, 0.25) is 0 Å². The van der Waals surface area contributed by atoms with E-state index >= 15 is 0 Å². The van der Waals surface area contributed by atoms with Crippen molar-refractivity contribution in [1.82, 2.24) is 39.9 Å². The van der Waals surface area contributed by atoms with Gasteiger partial charge in [-0.3, -0.25) is 19.2 Å². The van der Waals surface area contributed by atoms with E-state index in [1.807, 2.05) is 26.0 Å². The summed E-state index contributed by atoms with van der Waals surface area (Å²) in [6.07, 6.45) is 15.2. The second-order valence-corrected chi connectivity index (χ2v) is 23.4. The molecule has 0 spiro atoms. The Hall–Kier alpha value is -10.2. The summed E-state index contributed by atoms with van der Waals surface area (Å²) < 4.78 is 20.3. The molecule has 4 N–H and O–H groups in total. The van der Waals surface area contributed by atoms with Crippen molar-refractivity contribution >= 4 is 138 Å². The molecule has 0 saturated heterocycles. The smallest absolute Gasteiger partial charge is 0.305 e. The van der Waals surface area contributed by atoms with E-state index in [2.05, 4.69) is 159 Å². The van der Waals surface area contributed by atoms with Crippen molar-refractivity contribution in [2.24, 2.45) is 0 Å². The van der Waals surface area contributed by atoms with Crippen LogP contribution in [0.1, 0.15) is 167 Å². The zero-order chi connectivity index (χ0) is 63.7. The number of aryl methyl sites for hydroxylation is 6. The van der Waals surface area contributed by atoms with E-state index in [0.29, 0.717) is 25.7 Å². The molecule has 4 aliphatic rings. The van der Waals surface area contributed by atoms with Crippen molar-refractivity contribution in [2.75, 3.05) is 28.4 Å². The quantitative estimate of drug-likeness (QED) is 0.0524. The average molecular weight is 1200 g/mol. The molecule has 11 rings (SSSR count). The minimum absolute atomic E-state index is 0.178. The molecular formula is C74H74N8O8. The Bertz CT molecular complexity index is 4430. The molecule has 0 saturated carbocycles. The standard InChI is InChI=1S/C74H74N8O8/c1-39-28-49-31-59-41(3)51(65(77-59)35-63-45(7)55(22-26-73(85)89-11)69(81-63)37-67-53(20-24-71(83)87-9)43(5)61(79-67)33-57(39)75-49)18-16-47-14-13-15-48(30-47)17-19-52-42(4)60-32-50-29-40(2)58(76-50)34-62-44(6)54(21-25-72(84)88-10)68(80-62)38-70-56(23-27-74(86)90-12)46(8)64(82-70)36-66(52)78-60/h13-19,28-38,77-80H,20-27H2,1-12H3/b18-16+,19-17+,49-31?,50-32?,57-33?,58-34?,59-31?,60-32?,61-33?,62-34?,63-35?,64-36?,65-35?,66-36?,67-37?,68-38?,69-37?,70-38?. The van der Waals surface area contributed by atoms with Gasteiger partial charge in [-0.2, -0.15) is 0 Å². The first-order valence-electron chi connectivity index (χ1n) is 30.3. The number of carbonyl (C=O) groups is 4. The summed E-state index contributed by atoms with van der Waals surface area (Å²) in [4.78, 5) is 85.9. The summed E-state index contributed by atoms with van der Waals surface area (Å²) >= 11 is 0. The van der Waals surface area contributed by atoms with Crippen LogP contribution in [0.3, 0.4) is 0 Å². The van der Waals surface area contributed by atoms with Crippen LogP contribution in [0.5, 0.6) is 0 Å². The molecule has 6 aromatic heterocycles. The third-order valence-corrected chi connectivity index (χ3v) is 17.7. The van der Waals surface area contributed by atoms with E-state index in [-0.39, 0.29) is 49.6 Å². The van der Waals surface area contributed by atoms with Gasteiger partial charge in [-0.25, -0.2) is 19.9 Å². The van der Waals surface area contributed by atoms with E-state index in [4.69, 9.17) is 38.9 Å². The van der Waals surface area contributed by atoms with E-state index in [0.717, 1.165) is 179 Å². The van der Waals surface area contributed by atoms with Crippen LogP contribution < -0.4 is 0 Å². The monoisotopic (exact) mass is 1200 g/mol. The van der Waals surface area contributed by atoms with E-state index in [1.54, 1.807) is 0 Å². The molecule has 4 aliphatic heterocycles. The number of esters is 4. The van der Waals surface area contributed by atoms with Crippen molar-refractivity contribution in [2.45, 2.75) is 107 Å².